The minimum absolute atomic E-state index is 0. The van der Waals surface area contributed by atoms with Crippen LogP contribution in [-0.2, 0) is 17.0 Å². The molecule has 0 N–H and O–H groups in total. The first-order chi connectivity index (χ1) is 11.8. The highest BCUT2D eigenvalue weighted by molar-refractivity contribution is 7.85. The molecule has 2 aromatic carbocycles. The van der Waals surface area contributed by atoms with Crippen LogP contribution in [-0.4, -0.2) is 36.3 Å². The van der Waals surface area contributed by atoms with E-state index in [1.165, 1.54) is 6.07 Å². The van der Waals surface area contributed by atoms with Gasteiger partial charge in [-0.05, 0) is 57.4 Å². The lowest BCUT2D eigenvalue weighted by molar-refractivity contribution is -0.137. The zero-order valence-electron chi connectivity index (χ0n) is 14.4. The van der Waals surface area contributed by atoms with Crippen LogP contribution < -0.4 is 4.90 Å². The number of para-hydroxylation sites is 1. The summed E-state index contributed by atoms with van der Waals surface area (Å²) in [6.07, 6.45) is -3.65. The van der Waals surface area contributed by atoms with Gasteiger partial charge in [-0.15, -0.1) is 12.4 Å². The molecule has 142 valence electrons. The Morgan fingerprint density at radius 1 is 1.04 bits per heavy atom. The average molecular weight is 405 g/mol. The molecule has 0 saturated heterocycles. The van der Waals surface area contributed by atoms with Crippen LogP contribution in [0.15, 0.2) is 52.3 Å². The number of hydrogen-bond donors (Lipinski definition) is 0. The van der Waals surface area contributed by atoms with Gasteiger partial charge in [0.05, 0.1) is 37.5 Å². The number of fused-ring (bicyclic) bond motifs is 2. The number of halogens is 4. The maximum Gasteiger partial charge on any atom is 0.416 e. The molecule has 0 fully saturated rings. The van der Waals surface area contributed by atoms with Crippen molar-refractivity contribution in [2.45, 2.75) is 22.4 Å². The highest BCUT2D eigenvalue weighted by Crippen LogP contribution is 2.44. The highest BCUT2D eigenvalue weighted by atomic mass is 35.5. The van der Waals surface area contributed by atoms with Gasteiger partial charge in [0.2, 0.25) is 0 Å². The molecule has 0 aromatic heterocycles. The second kappa shape index (κ2) is 7.98. The van der Waals surface area contributed by atoms with Crippen molar-refractivity contribution in [2.75, 3.05) is 32.1 Å². The predicted octanol–water partition coefficient (Wildman–Crippen LogP) is 4.70. The van der Waals surface area contributed by atoms with Crippen molar-refractivity contribution < 1.29 is 17.4 Å². The Morgan fingerprint density at radius 2 is 1.69 bits per heavy atom. The molecule has 1 aliphatic heterocycles. The van der Waals surface area contributed by atoms with E-state index in [0.717, 1.165) is 25.1 Å². The van der Waals surface area contributed by atoms with E-state index in [0.29, 0.717) is 27.7 Å². The van der Waals surface area contributed by atoms with Crippen molar-refractivity contribution in [3.8, 4) is 0 Å². The van der Waals surface area contributed by atoms with E-state index in [1.807, 2.05) is 36.0 Å². The van der Waals surface area contributed by atoms with Crippen molar-refractivity contribution >= 4 is 34.6 Å². The van der Waals surface area contributed by atoms with Crippen LogP contribution in [0.3, 0.4) is 0 Å². The first kappa shape index (κ1) is 20.7. The first-order valence-corrected chi connectivity index (χ1v) is 9.08. The number of nitrogens with zero attached hydrogens (tertiary/aromatic N) is 2. The second-order valence-electron chi connectivity index (χ2n) is 6.23. The monoisotopic (exact) mass is 404 g/mol. The van der Waals surface area contributed by atoms with Crippen molar-refractivity contribution in [1.82, 2.24) is 4.90 Å². The zero-order valence-corrected chi connectivity index (χ0v) is 16.0. The van der Waals surface area contributed by atoms with Crippen LogP contribution in [0.2, 0.25) is 0 Å². The van der Waals surface area contributed by atoms with E-state index in [1.54, 1.807) is 12.1 Å². The summed E-state index contributed by atoms with van der Waals surface area (Å²) < 4.78 is 52.2. The summed E-state index contributed by atoms with van der Waals surface area (Å²) in [4.78, 5) is 4.95. The number of alkyl halides is 3. The standard InChI is InChI=1S/C18H19F3N2OS.ClH/c1-22(2)10-5-11-23-14-6-3-4-7-16(14)25(24)17-9-8-13(12-15(17)23)18(19,20)21;/h3-4,6-9,12H,5,10-11H2,1-2H3;1H. The van der Waals surface area contributed by atoms with Gasteiger partial charge in [-0.3, -0.25) is 0 Å². The highest BCUT2D eigenvalue weighted by Gasteiger charge is 2.34. The van der Waals surface area contributed by atoms with Crippen LogP contribution in [0.5, 0.6) is 0 Å². The molecule has 0 spiro atoms. The lowest BCUT2D eigenvalue weighted by atomic mass is 10.1. The predicted molar refractivity (Wildman–Crippen MR) is 100.0 cm³/mol. The van der Waals surface area contributed by atoms with E-state index in [9.17, 15) is 17.4 Å². The Morgan fingerprint density at radius 3 is 2.35 bits per heavy atom. The van der Waals surface area contributed by atoms with Gasteiger partial charge in [0.1, 0.15) is 0 Å². The van der Waals surface area contributed by atoms with Crippen LogP contribution in [0.1, 0.15) is 12.0 Å². The van der Waals surface area contributed by atoms with Crippen LogP contribution >= 0.6 is 12.4 Å². The smallest absolute Gasteiger partial charge is 0.339 e. The van der Waals surface area contributed by atoms with Crippen molar-refractivity contribution in [1.29, 1.82) is 0 Å². The molecule has 1 heterocycles. The molecular formula is C18H20ClF3N2OS. The fourth-order valence-corrected chi connectivity index (χ4v) is 4.29. The molecule has 1 aliphatic rings. The Bertz CT molecular complexity index is 811. The van der Waals surface area contributed by atoms with E-state index in [4.69, 9.17) is 0 Å². The summed E-state index contributed by atoms with van der Waals surface area (Å²) >= 11 is 0. The summed E-state index contributed by atoms with van der Waals surface area (Å²) in [7, 11) is 2.43. The number of anilines is 2. The van der Waals surface area contributed by atoms with Crippen molar-refractivity contribution in [3.05, 3.63) is 48.0 Å². The van der Waals surface area contributed by atoms with Gasteiger partial charge >= 0.3 is 6.18 Å². The van der Waals surface area contributed by atoms with Crippen LogP contribution in [0.25, 0.3) is 0 Å². The molecule has 2 aromatic rings. The Labute approximate surface area is 159 Å². The lowest BCUT2D eigenvalue weighted by Gasteiger charge is -2.33. The normalized spacial score (nSPS) is 16.1. The third kappa shape index (κ3) is 4.05. The molecule has 1 atom stereocenters. The summed E-state index contributed by atoms with van der Waals surface area (Å²) in [5, 5.41) is 0. The maximum atomic E-state index is 13.1. The summed E-state index contributed by atoms with van der Waals surface area (Å²) in [5.74, 6) is 0. The van der Waals surface area contributed by atoms with Gasteiger partial charge in [0.25, 0.3) is 0 Å². The molecule has 1 unspecified atom stereocenters. The van der Waals surface area contributed by atoms with Gasteiger partial charge in [0, 0.05) is 6.54 Å². The molecule has 0 aliphatic carbocycles. The van der Waals surface area contributed by atoms with Gasteiger partial charge in [-0.25, -0.2) is 4.21 Å². The summed E-state index contributed by atoms with van der Waals surface area (Å²) in [5.41, 5.74) is 0.372. The van der Waals surface area contributed by atoms with Gasteiger partial charge < -0.3 is 9.80 Å². The Kier molecular flexibility index (Phi) is 6.37. The van der Waals surface area contributed by atoms with E-state index in [2.05, 4.69) is 0 Å². The molecule has 26 heavy (non-hydrogen) atoms. The average Bonchev–Trinajstić information content (AvgIpc) is 2.56. The Hall–Kier alpha value is -1.57. The fourth-order valence-electron chi connectivity index (χ4n) is 2.93. The van der Waals surface area contributed by atoms with E-state index in [-0.39, 0.29) is 12.4 Å². The van der Waals surface area contributed by atoms with E-state index < -0.39 is 22.5 Å². The largest absolute Gasteiger partial charge is 0.416 e. The maximum absolute atomic E-state index is 13.1. The molecule has 0 radical (unpaired) electrons. The number of rotatable bonds is 4. The third-order valence-electron chi connectivity index (χ3n) is 4.12. The third-order valence-corrected chi connectivity index (χ3v) is 5.61. The van der Waals surface area contributed by atoms with Gasteiger partial charge in [0.15, 0.2) is 0 Å². The zero-order chi connectivity index (χ0) is 18.2. The minimum atomic E-state index is -4.43. The van der Waals surface area contributed by atoms with Crippen LogP contribution in [0, 0.1) is 0 Å². The van der Waals surface area contributed by atoms with Crippen LogP contribution in [0.4, 0.5) is 24.5 Å². The molecule has 3 rings (SSSR count). The quantitative estimate of drug-likeness (QED) is 0.738. The molecular weight excluding hydrogens is 385 g/mol. The Balaban J connectivity index is 0.00000243. The molecule has 8 heteroatoms. The SMILES string of the molecule is CN(C)CCCN1c2ccccc2S(=O)c2ccc(C(F)(F)F)cc21.Cl. The molecule has 3 nitrogen and oxygen atoms in total. The number of hydrogen-bond acceptors (Lipinski definition) is 3. The fraction of sp³-hybridized carbons (Fsp3) is 0.333. The van der Waals surface area contributed by atoms with E-state index >= 15 is 0 Å². The second-order valence-corrected chi connectivity index (χ2v) is 7.64. The molecule has 0 amide bonds. The van der Waals surface area contributed by atoms with Crippen molar-refractivity contribution in [2.24, 2.45) is 0 Å². The summed E-state index contributed by atoms with van der Waals surface area (Å²) in [6.45, 7) is 1.37. The van der Waals surface area contributed by atoms with Gasteiger partial charge in [-0.1, -0.05) is 12.1 Å². The molecule has 0 bridgehead atoms. The first-order valence-electron chi connectivity index (χ1n) is 7.93. The molecule has 0 saturated carbocycles. The summed E-state index contributed by atoms with van der Waals surface area (Å²) in [6, 6.07) is 10.6. The van der Waals surface area contributed by atoms with Gasteiger partial charge in [-0.2, -0.15) is 13.2 Å². The van der Waals surface area contributed by atoms with Crippen molar-refractivity contribution in [3.63, 3.8) is 0 Å². The lowest BCUT2D eigenvalue weighted by Crippen LogP contribution is -2.28. The minimum Gasteiger partial charge on any atom is -0.339 e. The topological polar surface area (TPSA) is 23.6 Å². The number of benzene rings is 2.